The van der Waals surface area contributed by atoms with Crippen LogP contribution in [0.5, 0.6) is 5.75 Å². The highest BCUT2D eigenvalue weighted by molar-refractivity contribution is 7.88. The molecule has 0 unspecified atom stereocenters. The standard InChI is InChI=1S/C17H15NO3S/c1-22(19,20)18-16-11-7-3-2-6-10(11)15-14(16)12-8-4-5-9-13(12)21-17(15)18/h2-9,14-17H,1H3/t14-,15-,16+,17+/m0/s1. The van der Waals surface area contributed by atoms with Crippen LogP contribution in [0, 0.1) is 0 Å². The first kappa shape index (κ1) is 12.7. The number of hydrogen-bond donors (Lipinski definition) is 0. The first-order chi connectivity index (χ1) is 10.6. The van der Waals surface area contributed by atoms with Gasteiger partial charge in [-0.2, -0.15) is 4.31 Å². The largest absolute Gasteiger partial charge is 0.473 e. The lowest BCUT2D eigenvalue weighted by Gasteiger charge is -2.35. The van der Waals surface area contributed by atoms with E-state index in [9.17, 15) is 8.42 Å². The summed E-state index contributed by atoms with van der Waals surface area (Å²) in [7, 11) is -3.34. The highest BCUT2D eigenvalue weighted by atomic mass is 32.2. The van der Waals surface area contributed by atoms with Crippen molar-refractivity contribution in [2.45, 2.75) is 24.1 Å². The summed E-state index contributed by atoms with van der Waals surface area (Å²) in [5.74, 6) is 1.06. The SMILES string of the molecule is CS(=O)(=O)N1[C@@H]2Oc3ccccc3[C@H]3[C@@H]2c2ccccc2[C@H]31. The van der Waals surface area contributed by atoms with Gasteiger partial charge in [0.2, 0.25) is 10.0 Å². The fourth-order valence-electron chi connectivity index (χ4n) is 4.49. The van der Waals surface area contributed by atoms with E-state index in [1.54, 1.807) is 4.31 Å². The van der Waals surface area contributed by atoms with E-state index >= 15 is 0 Å². The van der Waals surface area contributed by atoms with E-state index < -0.39 is 16.3 Å². The zero-order valence-corrected chi connectivity index (χ0v) is 12.8. The van der Waals surface area contributed by atoms with Crippen molar-refractivity contribution in [3.8, 4) is 5.75 Å². The highest BCUT2D eigenvalue weighted by Gasteiger charge is 2.63. The molecular formula is C17H15NO3S. The van der Waals surface area contributed by atoms with Crippen molar-refractivity contribution < 1.29 is 13.2 Å². The third-order valence-electron chi connectivity index (χ3n) is 5.14. The van der Waals surface area contributed by atoms with E-state index in [2.05, 4.69) is 18.2 Å². The van der Waals surface area contributed by atoms with E-state index in [-0.39, 0.29) is 17.9 Å². The highest BCUT2D eigenvalue weighted by Crippen LogP contribution is 2.66. The minimum absolute atomic E-state index is 0.0887. The maximum absolute atomic E-state index is 12.4. The Morgan fingerprint density at radius 1 is 0.909 bits per heavy atom. The third-order valence-corrected chi connectivity index (χ3v) is 6.34. The molecule has 112 valence electrons. The van der Waals surface area contributed by atoms with Crippen LogP contribution in [0.4, 0.5) is 0 Å². The number of para-hydroxylation sites is 1. The van der Waals surface area contributed by atoms with Gasteiger partial charge in [0.05, 0.1) is 12.3 Å². The Morgan fingerprint density at radius 3 is 2.27 bits per heavy atom. The molecule has 1 saturated heterocycles. The topological polar surface area (TPSA) is 46.6 Å². The van der Waals surface area contributed by atoms with Crippen molar-refractivity contribution in [1.82, 2.24) is 4.31 Å². The molecule has 5 heteroatoms. The fraction of sp³-hybridized carbons (Fsp3) is 0.294. The van der Waals surface area contributed by atoms with Gasteiger partial charge in [-0.1, -0.05) is 42.5 Å². The molecule has 0 N–H and O–H groups in total. The predicted octanol–water partition coefficient (Wildman–Crippen LogP) is 2.60. The molecule has 4 atom stereocenters. The van der Waals surface area contributed by atoms with Crippen LogP contribution in [0.15, 0.2) is 48.5 Å². The normalized spacial score (nSPS) is 31.5. The summed E-state index contributed by atoms with van der Waals surface area (Å²) in [6, 6.07) is 15.9. The molecule has 5 rings (SSSR count). The second-order valence-electron chi connectivity index (χ2n) is 6.26. The average Bonchev–Trinajstić information content (AvgIpc) is 2.95. The summed E-state index contributed by atoms with van der Waals surface area (Å²) >= 11 is 0. The van der Waals surface area contributed by atoms with Gasteiger partial charge in [-0.05, 0) is 17.2 Å². The Bertz CT molecular complexity index is 892. The molecule has 0 saturated carbocycles. The minimum Gasteiger partial charge on any atom is -0.473 e. The van der Waals surface area contributed by atoms with Gasteiger partial charge in [0.1, 0.15) is 5.75 Å². The molecule has 3 aliphatic rings. The van der Waals surface area contributed by atoms with Gasteiger partial charge < -0.3 is 4.74 Å². The van der Waals surface area contributed by atoms with Crippen molar-refractivity contribution in [2.75, 3.05) is 6.26 Å². The van der Waals surface area contributed by atoms with Crippen LogP contribution in [0.2, 0.25) is 0 Å². The van der Waals surface area contributed by atoms with Crippen LogP contribution in [0.1, 0.15) is 34.6 Å². The van der Waals surface area contributed by atoms with Gasteiger partial charge >= 0.3 is 0 Å². The second kappa shape index (κ2) is 3.91. The van der Waals surface area contributed by atoms with E-state index in [1.165, 1.54) is 11.8 Å². The zero-order valence-electron chi connectivity index (χ0n) is 12.0. The Hall–Kier alpha value is -1.85. The molecule has 0 aromatic heterocycles. The Morgan fingerprint density at radius 2 is 1.55 bits per heavy atom. The molecule has 2 aliphatic heterocycles. The van der Waals surface area contributed by atoms with Crippen LogP contribution in [-0.4, -0.2) is 25.2 Å². The van der Waals surface area contributed by atoms with Crippen molar-refractivity contribution in [3.63, 3.8) is 0 Å². The summed E-state index contributed by atoms with van der Waals surface area (Å²) in [6.07, 6.45) is 0.856. The van der Waals surface area contributed by atoms with Crippen molar-refractivity contribution in [3.05, 3.63) is 65.2 Å². The molecule has 1 aliphatic carbocycles. The lowest BCUT2D eigenvalue weighted by Crippen LogP contribution is -2.44. The van der Waals surface area contributed by atoms with Crippen LogP contribution in [-0.2, 0) is 10.0 Å². The molecule has 2 heterocycles. The number of nitrogens with zero attached hydrogens (tertiary/aromatic N) is 1. The summed E-state index contributed by atoms with van der Waals surface area (Å²) in [5.41, 5.74) is 3.48. The van der Waals surface area contributed by atoms with Crippen LogP contribution < -0.4 is 4.74 Å². The van der Waals surface area contributed by atoms with Crippen LogP contribution in [0.25, 0.3) is 0 Å². The number of fused-ring (bicyclic) bond motifs is 3. The van der Waals surface area contributed by atoms with Gasteiger partial charge in [-0.25, -0.2) is 8.42 Å². The molecule has 2 aromatic rings. The molecule has 0 radical (unpaired) electrons. The number of sulfonamides is 1. The summed E-state index contributed by atoms with van der Waals surface area (Å²) in [6.45, 7) is 0. The van der Waals surface area contributed by atoms with Gasteiger partial charge in [-0.3, -0.25) is 0 Å². The number of benzene rings is 2. The second-order valence-corrected chi connectivity index (χ2v) is 8.15. The molecule has 4 nitrogen and oxygen atoms in total. The number of ether oxygens (including phenoxy) is 1. The lowest BCUT2D eigenvalue weighted by molar-refractivity contribution is 0.0807. The van der Waals surface area contributed by atoms with Crippen molar-refractivity contribution in [2.24, 2.45) is 0 Å². The molecule has 0 spiro atoms. The van der Waals surface area contributed by atoms with Crippen molar-refractivity contribution in [1.29, 1.82) is 0 Å². The first-order valence-electron chi connectivity index (χ1n) is 7.40. The zero-order chi connectivity index (χ0) is 15.1. The third kappa shape index (κ3) is 1.38. The molecule has 2 aromatic carbocycles. The average molecular weight is 313 g/mol. The minimum atomic E-state index is -3.34. The molecule has 1 fully saturated rings. The molecular weight excluding hydrogens is 298 g/mol. The van der Waals surface area contributed by atoms with Gasteiger partial charge in [-0.15, -0.1) is 0 Å². The maximum Gasteiger partial charge on any atom is 0.214 e. The Balaban J connectivity index is 1.81. The molecule has 22 heavy (non-hydrogen) atoms. The van der Waals surface area contributed by atoms with Crippen LogP contribution >= 0.6 is 0 Å². The van der Waals surface area contributed by atoms with E-state index in [4.69, 9.17) is 4.74 Å². The quantitative estimate of drug-likeness (QED) is 0.813. The molecule has 4 bridgehead atoms. The predicted molar refractivity (Wildman–Crippen MR) is 82.2 cm³/mol. The van der Waals surface area contributed by atoms with Crippen molar-refractivity contribution >= 4 is 10.0 Å². The van der Waals surface area contributed by atoms with Gasteiger partial charge in [0, 0.05) is 17.4 Å². The smallest absolute Gasteiger partial charge is 0.214 e. The van der Waals surface area contributed by atoms with E-state index in [0.717, 1.165) is 16.9 Å². The first-order valence-corrected chi connectivity index (χ1v) is 9.25. The molecule has 0 amide bonds. The van der Waals surface area contributed by atoms with E-state index in [1.807, 2.05) is 30.3 Å². The lowest BCUT2D eigenvalue weighted by atomic mass is 9.85. The fourth-order valence-corrected chi connectivity index (χ4v) is 5.70. The van der Waals surface area contributed by atoms with Gasteiger partial charge in [0.15, 0.2) is 6.23 Å². The van der Waals surface area contributed by atoms with Crippen LogP contribution in [0.3, 0.4) is 0 Å². The summed E-state index contributed by atoms with van der Waals surface area (Å²) < 4.78 is 32.4. The monoisotopic (exact) mass is 313 g/mol. The maximum atomic E-state index is 12.4. The Kier molecular flexibility index (Phi) is 2.25. The summed E-state index contributed by atoms with van der Waals surface area (Å²) in [4.78, 5) is 0. The summed E-state index contributed by atoms with van der Waals surface area (Å²) in [5, 5.41) is 0. The Labute approximate surface area is 129 Å². The number of rotatable bonds is 1. The van der Waals surface area contributed by atoms with E-state index in [0.29, 0.717) is 0 Å². The van der Waals surface area contributed by atoms with Gasteiger partial charge in [0.25, 0.3) is 0 Å². The number of hydrogen-bond acceptors (Lipinski definition) is 3.